The lowest BCUT2D eigenvalue weighted by Crippen LogP contribution is -2.36. The van der Waals surface area contributed by atoms with Gasteiger partial charge in [0.2, 0.25) is 0 Å². The number of aromatic nitrogens is 1. The fourth-order valence-corrected chi connectivity index (χ4v) is 2.84. The number of fused-ring (bicyclic) bond motifs is 1. The average molecular weight is 229 g/mol. The minimum Gasteiger partial charge on any atom is -0.373 e. The van der Waals surface area contributed by atoms with Gasteiger partial charge in [-0.15, -0.1) is 0 Å². The van der Waals surface area contributed by atoms with E-state index in [0.717, 1.165) is 19.5 Å². The zero-order valence-electron chi connectivity index (χ0n) is 10.4. The lowest BCUT2D eigenvalue weighted by Gasteiger charge is -2.28. The van der Waals surface area contributed by atoms with Crippen LogP contribution < -0.4 is 5.32 Å². The Kier molecular flexibility index (Phi) is 2.83. The molecule has 0 bridgehead atoms. The second-order valence-corrected chi connectivity index (χ2v) is 5.05. The van der Waals surface area contributed by atoms with Crippen LogP contribution >= 0.6 is 0 Å². The molecular weight excluding hydrogens is 210 g/mol. The van der Waals surface area contributed by atoms with Gasteiger partial charge < -0.3 is 5.32 Å². The molecule has 0 amide bonds. The summed E-state index contributed by atoms with van der Waals surface area (Å²) in [6, 6.07) is 2.29. The lowest BCUT2D eigenvalue weighted by molar-refractivity contribution is 0.601. The molecule has 3 heteroatoms. The number of amidine groups is 1. The van der Waals surface area contributed by atoms with Gasteiger partial charge in [-0.2, -0.15) is 0 Å². The van der Waals surface area contributed by atoms with Crippen LogP contribution in [0.2, 0.25) is 0 Å². The third-order valence-electron chi connectivity index (χ3n) is 3.66. The van der Waals surface area contributed by atoms with Gasteiger partial charge in [-0.25, -0.2) is 0 Å². The smallest absolute Gasteiger partial charge is 0.105 e. The maximum atomic E-state index is 4.65. The van der Waals surface area contributed by atoms with E-state index in [2.05, 4.69) is 28.3 Å². The Morgan fingerprint density at radius 2 is 2.29 bits per heavy atom. The van der Waals surface area contributed by atoms with Crippen molar-refractivity contribution in [2.24, 2.45) is 4.99 Å². The van der Waals surface area contributed by atoms with Gasteiger partial charge in [0, 0.05) is 19.3 Å². The summed E-state index contributed by atoms with van der Waals surface area (Å²) in [7, 11) is 0. The van der Waals surface area contributed by atoms with Crippen molar-refractivity contribution in [2.45, 2.75) is 38.5 Å². The van der Waals surface area contributed by atoms with Crippen LogP contribution in [0.1, 0.15) is 42.0 Å². The van der Waals surface area contributed by atoms with E-state index in [0.29, 0.717) is 5.92 Å². The monoisotopic (exact) mass is 229 g/mol. The number of rotatable bonds is 1. The van der Waals surface area contributed by atoms with Gasteiger partial charge in [0.05, 0.1) is 11.6 Å². The molecule has 1 unspecified atom stereocenters. The van der Waals surface area contributed by atoms with Crippen molar-refractivity contribution in [3.05, 3.63) is 29.1 Å². The van der Waals surface area contributed by atoms with Crippen molar-refractivity contribution in [3.63, 3.8) is 0 Å². The molecule has 0 saturated carbocycles. The maximum Gasteiger partial charge on any atom is 0.105 e. The summed E-state index contributed by atoms with van der Waals surface area (Å²) in [6.07, 6.45) is 6.76. The van der Waals surface area contributed by atoms with Crippen molar-refractivity contribution in [2.75, 3.05) is 13.1 Å². The quantitative estimate of drug-likeness (QED) is 0.801. The Morgan fingerprint density at radius 1 is 1.35 bits per heavy atom. The van der Waals surface area contributed by atoms with E-state index in [1.54, 1.807) is 0 Å². The van der Waals surface area contributed by atoms with E-state index in [1.807, 2.05) is 6.20 Å². The van der Waals surface area contributed by atoms with E-state index in [4.69, 9.17) is 0 Å². The van der Waals surface area contributed by atoms with E-state index in [9.17, 15) is 0 Å². The highest BCUT2D eigenvalue weighted by molar-refractivity contribution is 5.89. The SMILES string of the molecule is Cc1cnc2c(c1)CCCC2C1=NCCCN1. The van der Waals surface area contributed by atoms with Gasteiger partial charge in [-0.05, 0) is 43.7 Å². The average Bonchev–Trinajstić information content (AvgIpc) is 2.39. The van der Waals surface area contributed by atoms with Crippen LogP contribution in [0.4, 0.5) is 0 Å². The van der Waals surface area contributed by atoms with E-state index in [1.165, 1.54) is 41.9 Å². The fourth-order valence-electron chi connectivity index (χ4n) is 2.84. The van der Waals surface area contributed by atoms with Gasteiger partial charge >= 0.3 is 0 Å². The summed E-state index contributed by atoms with van der Waals surface area (Å²) in [5.41, 5.74) is 3.95. The summed E-state index contributed by atoms with van der Waals surface area (Å²) in [5, 5.41) is 3.45. The zero-order valence-corrected chi connectivity index (χ0v) is 10.4. The molecule has 0 saturated heterocycles. The molecule has 90 valence electrons. The van der Waals surface area contributed by atoms with Crippen LogP contribution in [0.5, 0.6) is 0 Å². The van der Waals surface area contributed by atoms with Gasteiger partial charge in [-0.1, -0.05) is 6.07 Å². The van der Waals surface area contributed by atoms with Crippen LogP contribution in [-0.4, -0.2) is 23.9 Å². The number of aliphatic imine (C=N–C) groups is 1. The predicted octanol–water partition coefficient (Wildman–Crippen LogP) is 2.20. The lowest BCUT2D eigenvalue weighted by atomic mass is 9.85. The number of nitrogens with zero attached hydrogens (tertiary/aromatic N) is 2. The highest BCUT2D eigenvalue weighted by Gasteiger charge is 2.26. The summed E-state index contributed by atoms with van der Waals surface area (Å²) >= 11 is 0. The Bertz CT molecular complexity index is 451. The van der Waals surface area contributed by atoms with Gasteiger partial charge in [0.15, 0.2) is 0 Å². The second-order valence-electron chi connectivity index (χ2n) is 5.05. The van der Waals surface area contributed by atoms with Crippen LogP contribution in [0.15, 0.2) is 17.3 Å². The molecule has 2 heterocycles. The number of aryl methyl sites for hydroxylation is 2. The number of hydrogen-bond donors (Lipinski definition) is 1. The van der Waals surface area contributed by atoms with Crippen molar-refractivity contribution < 1.29 is 0 Å². The molecule has 3 nitrogen and oxygen atoms in total. The molecule has 2 aliphatic rings. The minimum absolute atomic E-state index is 0.416. The Balaban J connectivity index is 1.96. The summed E-state index contributed by atoms with van der Waals surface area (Å²) in [6.45, 7) is 4.16. The molecule has 0 spiro atoms. The number of pyridine rings is 1. The molecule has 1 aromatic rings. The first kappa shape index (κ1) is 10.8. The van der Waals surface area contributed by atoms with Crippen molar-refractivity contribution >= 4 is 5.84 Å². The molecule has 1 atom stereocenters. The molecule has 1 N–H and O–H groups in total. The molecule has 1 aliphatic carbocycles. The standard InChI is InChI=1S/C14H19N3/c1-10-8-11-4-2-5-12(13(11)17-9-10)14-15-6-3-7-16-14/h8-9,12H,2-7H2,1H3,(H,15,16). The first-order valence-corrected chi connectivity index (χ1v) is 6.58. The van der Waals surface area contributed by atoms with Crippen LogP contribution in [0.3, 0.4) is 0 Å². The van der Waals surface area contributed by atoms with Gasteiger partial charge in [0.1, 0.15) is 5.84 Å². The fraction of sp³-hybridized carbons (Fsp3) is 0.571. The minimum atomic E-state index is 0.416. The van der Waals surface area contributed by atoms with Crippen LogP contribution in [0, 0.1) is 6.92 Å². The second kappa shape index (κ2) is 4.47. The van der Waals surface area contributed by atoms with Gasteiger partial charge in [0.25, 0.3) is 0 Å². The van der Waals surface area contributed by atoms with E-state index in [-0.39, 0.29) is 0 Å². The number of nitrogens with one attached hydrogen (secondary N) is 1. The summed E-state index contributed by atoms with van der Waals surface area (Å²) in [5.74, 6) is 1.59. The third kappa shape index (κ3) is 2.06. The molecule has 3 rings (SSSR count). The molecule has 1 aromatic heterocycles. The highest BCUT2D eigenvalue weighted by Crippen LogP contribution is 2.31. The summed E-state index contributed by atoms with van der Waals surface area (Å²) in [4.78, 5) is 9.29. The first-order chi connectivity index (χ1) is 8.34. The molecule has 0 fully saturated rings. The molecular formula is C14H19N3. The predicted molar refractivity (Wildman–Crippen MR) is 69.6 cm³/mol. The van der Waals surface area contributed by atoms with Crippen molar-refractivity contribution in [1.82, 2.24) is 10.3 Å². The summed E-state index contributed by atoms with van der Waals surface area (Å²) < 4.78 is 0. The largest absolute Gasteiger partial charge is 0.373 e. The topological polar surface area (TPSA) is 37.3 Å². The van der Waals surface area contributed by atoms with Crippen LogP contribution in [0.25, 0.3) is 0 Å². The van der Waals surface area contributed by atoms with E-state index < -0.39 is 0 Å². The van der Waals surface area contributed by atoms with E-state index >= 15 is 0 Å². The molecule has 17 heavy (non-hydrogen) atoms. The first-order valence-electron chi connectivity index (χ1n) is 6.58. The molecule has 0 radical (unpaired) electrons. The zero-order chi connectivity index (χ0) is 11.7. The Morgan fingerprint density at radius 3 is 3.12 bits per heavy atom. The Hall–Kier alpha value is -1.38. The third-order valence-corrected chi connectivity index (χ3v) is 3.66. The van der Waals surface area contributed by atoms with Gasteiger partial charge in [-0.3, -0.25) is 9.98 Å². The normalized spacial score (nSPS) is 23.6. The highest BCUT2D eigenvalue weighted by atomic mass is 15.0. The Labute approximate surface area is 102 Å². The molecule has 0 aromatic carbocycles. The number of hydrogen-bond acceptors (Lipinski definition) is 3. The molecule has 1 aliphatic heterocycles. The van der Waals surface area contributed by atoms with Crippen LogP contribution in [-0.2, 0) is 6.42 Å². The maximum absolute atomic E-state index is 4.65. The van der Waals surface area contributed by atoms with Crippen molar-refractivity contribution in [3.8, 4) is 0 Å². The van der Waals surface area contributed by atoms with Crippen molar-refractivity contribution in [1.29, 1.82) is 0 Å².